The van der Waals surface area contributed by atoms with Gasteiger partial charge in [-0.15, -0.1) is 0 Å². The molecule has 12 atom stereocenters. The lowest BCUT2D eigenvalue weighted by Gasteiger charge is -2.50. The van der Waals surface area contributed by atoms with Gasteiger partial charge in [0.1, 0.15) is 35.8 Å². The van der Waals surface area contributed by atoms with Gasteiger partial charge in [0.25, 0.3) is 0 Å². The molecule has 0 bridgehead atoms. The number of ether oxygens (including phenoxy) is 3. The maximum absolute atomic E-state index is 13.0. The summed E-state index contributed by atoms with van der Waals surface area (Å²) in [6, 6.07) is -2.64. The molecule has 0 spiro atoms. The van der Waals surface area contributed by atoms with Crippen LogP contribution in [0.25, 0.3) is 0 Å². The van der Waals surface area contributed by atoms with Crippen molar-refractivity contribution in [1.82, 2.24) is 21.3 Å². The minimum Gasteiger partial charge on any atom is -0.492 e. The standard InChI is InChI=1S/C29H55N9O8/c1-29(43)12-44-27(22(41)25(29)35-2)46-24-18(38-26(42)19(39)5-6-37-28(33)34)9-17(32)20(21(24)40)23-16(31)4-3-15(45-23)11-36-10-13-7-14(30)8-13/h3,13-14,16-25,27,35-36,39-41,43H,4-12,30-32H2,1-2H3,(H,38,42)(H4,33,34,37)/t13?,14?,16-,17+,18-,19+,20?,21+,22-,23+,24+,25-,27-,29+/m1/s1. The van der Waals surface area contributed by atoms with Gasteiger partial charge in [-0.25, -0.2) is 0 Å². The van der Waals surface area contributed by atoms with E-state index < -0.39 is 78.4 Å². The molecule has 4 aliphatic rings. The quantitative estimate of drug-likeness (QED) is 0.0653. The number of rotatable bonds is 13. The van der Waals surface area contributed by atoms with Gasteiger partial charge in [-0.3, -0.25) is 10.2 Å². The molecule has 3 fully saturated rings. The first-order valence-corrected chi connectivity index (χ1v) is 16.1. The topological polar surface area (TPSA) is 302 Å². The molecule has 2 heterocycles. The minimum atomic E-state index is -1.45. The van der Waals surface area contributed by atoms with E-state index in [4.69, 9.17) is 42.6 Å². The van der Waals surface area contributed by atoms with E-state index in [0.29, 0.717) is 24.6 Å². The van der Waals surface area contributed by atoms with Gasteiger partial charge in [0, 0.05) is 30.6 Å². The molecule has 0 aromatic rings. The summed E-state index contributed by atoms with van der Waals surface area (Å²) >= 11 is 0. The zero-order chi connectivity index (χ0) is 33.8. The van der Waals surface area contributed by atoms with E-state index >= 15 is 0 Å². The number of hydrogen-bond acceptors (Lipinski definition) is 14. The maximum Gasteiger partial charge on any atom is 0.249 e. The Balaban J connectivity index is 1.49. The predicted molar refractivity (Wildman–Crippen MR) is 168 cm³/mol. The summed E-state index contributed by atoms with van der Waals surface area (Å²) in [4.78, 5) is 13.0. The van der Waals surface area contributed by atoms with E-state index in [9.17, 15) is 25.2 Å². The Morgan fingerprint density at radius 2 is 1.91 bits per heavy atom. The SMILES string of the molecule is CN[C@@H]1[C@@H](O)[C@@H](O[C@H]2[C@H](NC(=O)[C@@H](O)CCNC(=N)N)C[C@H](N)C([C@H]3OC(CNCC4CC(N)C4)=CC[C@H]3N)[C@@H]2O)OC[C@]1(C)O. The Hall–Kier alpha value is -2.16. The third kappa shape index (κ3) is 8.84. The number of guanidine groups is 1. The summed E-state index contributed by atoms with van der Waals surface area (Å²) in [5.41, 5.74) is 23.0. The van der Waals surface area contributed by atoms with Crippen LogP contribution in [-0.2, 0) is 19.0 Å². The van der Waals surface area contributed by atoms with Crippen LogP contribution in [0.2, 0.25) is 0 Å². The third-order valence-electron chi connectivity index (χ3n) is 9.65. The van der Waals surface area contributed by atoms with Crippen molar-refractivity contribution in [3.05, 3.63) is 11.8 Å². The molecule has 1 saturated heterocycles. The second-order valence-electron chi connectivity index (χ2n) is 13.5. The second kappa shape index (κ2) is 15.8. The molecule has 17 nitrogen and oxygen atoms in total. The van der Waals surface area contributed by atoms with Crippen molar-refractivity contribution < 1.29 is 39.4 Å². The smallest absolute Gasteiger partial charge is 0.249 e. The fraction of sp³-hybridized carbons (Fsp3) is 0.862. The molecule has 2 aliphatic carbocycles. The van der Waals surface area contributed by atoms with Crippen LogP contribution in [0.1, 0.15) is 39.0 Å². The second-order valence-corrected chi connectivity index (χ2v) is 13.5. The summed E-state index contributed by atoms with van der Waals surface area (Å²) in [6.07, 6.45) is -2.77. The normalized spacial score (nSPS) is 41.8. The van der Waals surface area contributed by atoms with Gasteiger partial charge in [-0.2, -0.15) is 0 Å². The zero-order valence-corrected chi connectivity index (χ0v) is 26.7. The highest BCUT2D eigenvalue weighted by molar-refractivity contribution is 5.81. The van der Waals surface area contributed by atoms with E-state index in [1.165, 1.54) is 6.92 Å². The van der Waals surface area contributed by atoms with Crippen LogP contribution >= 0.6 is 0 Å². The summed E-state index contributed by atoms with van der Waals surface area (Å²) < 4.78 is 18.3. The van der Waals surface area contributed by atoms with Gasteiger partial charge >= 0.3 is 0 Å². The first-order chi connectivity index (χ1) is 21.7. The molecule has 0 aromatic carbocycles. The van der Waals surface area contributed by atoms with Crippen LogP contribution in [0.15, 0.2) is 11.8 Å². The van der Waals surface area contributed by atoms with E-state index in [1.54, 1.807) is 7.05 Å². The van der Waals surface area contributed by atoms with E-state index in [-0.39, 0.29) is 38.0 Å². The number of likely N-dealkylation sites (N-methyl/N-ethyl adjacent to an activating group) is 1. The lowest BCUT2D eigenvalue weighted by molar-refractivity contribution is -0.297. The molecule has 4 rings (SSSR count). The molecule has 46 heavy (non-hydrogen) atoms. The third-order valence-corrected chi connectivity index (χ3v) is 9.65. The fourth-order valence-electron chi connectivity index (χ4n) is 7.07. The summed E-state index contributed by atoms with van der Waals surface area (Å²) in [5, 5.41) is 63.0. The van der Waals surface area contributed by atoms with Gasteiger partial charge in [-0.1, -0.05) is 0 Å². The number of amides is 1. The summed E-state index contributed by atoms with van der Waals surface area (Å²) in [6.45, 7) is 2.73. The molecular weight excluding hydrogens is 602 g/mol. The molecule has 264 valence electrons. The average Bonchev–Trinajstić information content (AvgIpc) is 2.96. The van der Waals surface area contributed by atoms with Gasteiger partial charge < -0.3 is 78.8 Å². The van der Waals surface area contributed by atoms with Crippen molar-refractivity contribution in [2.24, 2.45) is 34.8 Å². The zero-order valence-electron chi connectivity index (χ0n) is 26.7. The van der Waals surface area contributed by atoms with Crippen LogP contribution in [0.4, 0.5) is 0 Å². The Morgan fingerprint density at radius 1 is 1.20 bits per heavy atom. The highest BCUT2D eigenvalue weighted by atomic mass is 16.7. The van der Waals surface area contributed by atoms with Gasteiger partial charge in [0.2, 0.25) is 5.91 Å². The Morgan fingerprint density at radius 3 is 2.57 bits per heavy atom. The first kappa shape index (κ1) is 36.7. The summed E-state index contributed by atoms with van der Waals surface area (Å²) in [7, 11) is 1.59. The van der Waals surface area contributed by atoms with Gasteiger partial charge in [0.05, 0.1) is 31.3 Å². The van der Waals surface area contributed by atoms with Crippen molar-refractivity contribution in [2.75, 3.05) is 33.3 Å². The van der Waals surface area contributed by atoms with Crippen molar-refractivity contribution >= 4 is 11.9 Å². The van der Waals surface area contributed by atoms with Crippen molar-refractivity contribution in [2.45, 2.75) is 112 Å². The predicted octanol–water partition coefficient (Wildman–Crippen LogP) is -4.82. The highest BCUT2D eigenvalue weighted by Gasteiger charge is 2.53. The lowest BCUT2D eigenvalue weighted by Crippen LogP contribution is -2.69. The maximum atomic E-state index is 13.0. The molecule has 1 unspecified atom stereocenters. The van der Waals surface area contributed by atoms with E-state index in [0.717, 1.165) is 19.4 Å². The molecule has 2 aliphatic heterocycles. The number of carbonyl (C=O) groups is 1. The van der Waals surface area contributed by atoms with Crippen LogP contribution in [0.3, 0.4) is 0 Å². The molecule has 0 radical (unpaired) electrons. The number of hydrogen-bond donors (Lipinski definition) is 13. The Bertz CT molecular complexity index is 1060. The van der Waals surface area contributed by atoms with E-state index in [2.05, 4.69) is 21.3 Å². The minimum absolute atomic E-state index is 0.0360. The number of nitrogens with two attached hydrogens (primary N) is 4. The Kier molecular flexibility index (Phi) is 12.6. The van der Waals surface area contributed by atoms with Crippen LogP contribution in [0, 0.1) is 17.2 Å². The number of aliphatic hydroxyl groups is 4. The van der Waals surface area contributed by atoms with E-state index in [1.807, 2.05) is 6.08 Å². The summed E-state index contributed by atoms with van der Waals surface area (Å²) in [5.74, 6) is -0.538. The van der Waals surface area contributed by atoms with Crippen molar-refractivity contribution in [3.8, 4) is 0 Å². The molecule has 1 amide bonds. The highest BCUT2D eigenvalue weighted by Crippen LogP contribution is 2.36. The first-order valence-electron chi connectivity index (χ1n) is 16.1. The monoisotopic (exact) mass is 657 g/mol. The molecule has 17 N–H and O–H groups in total. The number of carbonyl (C=O) groups excluding carboxylic acids is 1. The van der Waals surface area contributed by atoms with Crippen LogP contribution < -0.4 is 44.2 Å². The lowest BCUT2D eigenvalue weighted by atomic mass is 9.72. The molecule has 17 heteroatoms. The van der Waals surface area contributed by atoms with Gasteiger partial charge in [0.15, 0.2) is 12.2 Å². The average molecular weight is 658 g/mol. The molecule has 0 aromatic heterocycles. The van der Waals surface area contributed by atoms with Crippen LogP contribution in [0.5, 0.6) is 0 Å². The van der Waals surface area contributed by atoms with Crippen molar-refractivity contribution in [3.63, 3.8) is 0 Å². The van der Waals surface area contributed by atoms with Gasteiger partial charge in [-0.05, 0) is 64.6 Å². The Labute approximate surface area is 269 Å². The number of nitrogens with one attached hydrogen (secondary N) is 5. The molecular formula is C29H55N9O8. The largest absolute Gasteiger partial charge is 0.492 e. The van der Waals surface area contributed by atoms with Crippen molar-refractivity contribution in [1.29, 1.82) is 5.41 Å². The molecule has 2 saturated carbocycles. The number of aliphatic hydroxyl groups excluding tert-OH is 3. The fourth-order valence-corrected chi connectivity index (χ4v) is 7.07. The van der Waals surface area contributed by atoms with Crippen LogP contribution in [-0.4, -0.2) is 138 Å².